The number of amides is 1. The SMILES string of the molecule is COC(=O)CCn1c(SCC(=O)N(C)C2CCCCC2)nc2ccccc2c1=O. The molecule has 1 aliphatic carbocycles. The highest BCUT2D eigenvalue weighted by Crippen LogP contribution is 2.24. The van der Waals surface area contributed by atoms with Gasteiger partial charge >= 0.3 is 5.97 Å². The van der Waals surface area contributed by atoms with E-state index in [9.17, 15) is 14.4 Å². The monoisotopic (exact) mass is 417 g/mol. The van der Waals surface area contributed by atoms with Gasteiger partial charge in [0.05, 0.1) is 30.2 Å². The summed E-state index contributed by atoms with van der Waals surface area (Å²) in [5, 5.41) is 0.940. The molecule has 0 radical (unpaired) electrons. The number of hydrogen-bond donors (Lipinski definition) is 0. The van der Waals surface area contributed by atoms with E-state index in [1.165, 1.54) is 29.9 Å². The standard InChI is InChI=1S/C21H27N3O4S/c1-23(15-8-4-3-5-9-15)18(25)14-29-21-22-17-11-7-6-10-16(17)20(27)24(21)13-12-19(26)28-2/h6-7,10-11,15H,3-5,8-9,12-14H2,1-2H3. The first kappa shape index (κ1) is 21.4. The lowest BCUT2D eigenvalue weighted by atomic mass is 9.94. The van der Waals surface area contributed by atoms with Crippen LogP contribution in [0.1, 0.15) is 38.5 Å². The third kappa shape index (κ3) is 5.18. The Morgan fingerprint density at radius 3 is 2.69 bits per heavy atom. The van der Waals surface area contributed by atoms with Crippen LogP contribution in [0.3, 0.4) is 0 Å². The van der Waals surface area contributed by atoms with Crippen molar-refractivity contribution in [3.63, 3.8) is 0 Å². The fourth-order valence-corrected chi connectivity index (χ4v) is 4.61. The molecule has 1 heterocycles. The van der Waals surface area contributed by atoms with Gasteiger partial charge in [0.15, 0.2) is 5.16 Å². The van der Waals surface area contributed by atoms with Crippen LogP contribution in [0, 0.1) is 0 Å². The number of hydrogen-bond acceptors (Lipinski definition) is 6. The zero-order valence-corrected chi connectivity index (χ0v) is 17.7. The summed E-state index contributed by atoms with van der Waals surface area (Å²) in [6.07, 6.45) is 5.72. The van der Waals surface area contributed by atoms with E-state index in [1.807, 2.05) is 18.0 Å². The second-order valence-corrected chi connectivity index (χ2v) is 8.22. The fourth-order valence-electron chi connectivity index (χ4n) is 3.66. The van der Waals surface area contributed by atoms with E-state index in [0.717, 1.165) is 25.7 Å². The van der Waals surface area contributed by atoms with Gasteiger partial charge < -0.3 is 9.64 Å². The number of rotatable bonds is 7. The summed E-state index contributed by atoms with van der Waals surface area (Å²) >= 11 is 1.24. The van der Waals surface area contributed by atoms with Crippen molar-refractivity contribution in [3.05, 3.63) is 34.6 Å². The zero-order chi connectivity index (χ0) is 20.8. The second kappa shape index (κ2) is 9.91. The van der Waals surface area contributed by atoms with Crippen molar-refractivity contribution in [1.29, 1.82) is 0 Å². The minimum absolute atomic E-state index is 0.0313. The molecule has 1 aliphatic rings. The van der Waals surface area contributed by atoms with Crippen molar-refractivity contribution in [2.45, 2.75) is 56.3 Å². The molecule has 0 N–H and O–H groups in total. The Balaban J connectivity index is 1.80. The van der Waals surface area contributed by atoms with Crippen LogP contribution in [0.2, 0.25) is 0 Å². The molecule has 0 spiro atoms. The molecule has 0 aliphatic heterocycles. The molecule has 29 heavy (non-hydrogen) atoms. The number of methoxy groups -OCH3 is 1. The third-order valence-corrected chi connectivity index (χ3v) is 6.40. The molecule has 7 nitrogen and oxygen atoms in total. The number of para-hydroxylation sites is 1. The molecular formula is C21H27N3O4S. The van der Waals surface area contributed by atoms with Gasteiger partial charge in [-0.15, -0.1) is 0 Å². The number of nitrogens with zero attached hydrogens (tertiary/aromatic N) is 3. The van der Waals surface area contributed by atoms with Crippen LogP contribution in [-0.4, -0.2) is 52.3 Å². The minimum Gasteiger partial charge on any atom is -0.469 e. The molecule has 1 amide bonds. The molecule has 3 rings (SSSR count). The Labute approximate surface area is 174 Å². The van der Waals surface area contributed by atoms with Crippen LogP contribution in [-0.2, 0) is 20.9 Å². The van der Waals surface area contributed by atoms with Gasteiger partial charge in [0.25, 0.3) is 5.56 Å². The highest BCUT2D eigenvalue weighted by Gasteiger charge is 2.23. The minimum atomic E-state index is -0.394. The Kier molecular flexibility index (Phi) is 7.30. The van der Waals surface area contributed by atoms with Gasteiger partial charge in [0.1, 0.15) is 0 Å². The average molecular weight is 418 g/mol. The van der Waals surface area contributed by atoms with Crippen LogP contribution in [0.15, 0.2) is 34.2 Å². The van der Waals surface area contributed by atoms with Gasteiger partial charge in [-0.1, -0.05) is 43.2 Å². The summed E-state index contributed by atoms with van der Waals surface area (Å²) < 4.78 is 6.16. The quantitative estimate of drug-likeness (QED) is 0.391. The largest absolute Gasteiger partial charge is 0.469 e. The number of aromatic nitrogens is 2. The molecule has 1 saturated carbocycles. The summed E-state index contributed by atoms with van der Waals surface area (Å²) in [4.78, 5) is 43.6. The number of ether oxygens (including phenoxy) is 1. The second-order valence-electron chi connectivity index (χ2n) is 7.28. The fraction of sp³-hybridized carbons (Fsp3) is 0.524. The Hall–Kier alpha value is -2.35. The zero-order valence-electron chi connectivity index (χ0n) is 16.9. The first-order valence-corrected chi connectivity index (χ1v) is 10.9. The Bertz CT molecular complexity index is 937. The molecule has 0 atom stereocenters. The molecule has 1 fully saturated rings. The average Bonchev–Trinajstić information content (AvgIpc) is 2.76. The topological polar surface area (TPSA) is 81.5 Å². The van der Waals surface area contributed by atoms with Crippen LogP contribution in [0.4, 0.5) is 0 Å². The van der Waals surface area contributed by atoms with Gasteiger partial charge in [-0.25, -0.2) is 4.98 Å². The van der Waals surface area contributed by atoms with E-state index in [4.69, 9.17) is 4.74 Å². The molecule has 0 bridgehead atoms. The maximum absolute atomic E-state index is 12.9. The number of carbonyl (C=O) groups is 2. The molecule has 0 unspecified atom stereocenters. The Morgan fingerprint density at radius 2 is 1.97 bits per heavy atom. The maximum atomic E-state index is 12.9. The summed E-state index contributed by atoms with van der Waals surface area (Å²) in [5.41, 5.74) is 0.373. The summed E-state index contributed by atoms with van der Waals surface area (Å²) in [6, 6.07) is 7.40. The van der Waals surface area contributed by atoms with E-state index in [-0.39, 0.29) is 30.2 Å². The molecule has 1 aromatic heterocycles. The molecular weight excluding hydrogens is 390 g/mol. The highest BCUT2D eigenvalue weighted by atomic mass is 32.2. The normalized spacial score (nSPS) is 14.7. The summed E-state index contributed by atoms with van der Waals surface area (Å²) in [6.45, 7) is 0.165. The van der Waals surface area contributed by atoms with Gasteiger partial charge in [-0.2, -0.15) is 0 Å². The van der Waals surface area contributed by atoms with Gasteiger partial charge in [0.2, 0.25) is 5.91 Å². The van der Waals surface area contributed by atoms with Gasteiger partial charge in [-0.05, 0) is 25.0 Å². The molecule has 1 aromatic carbocycles. The third-order valence-electron chi connectivity index (χ3n) is 5.43. The van der Waals surface area contributed by atoms with Crippen LogP contribution in [0.25, 0.3) is 10.9 Å². The van der Waals surface area contributed by atoms with Crippen molar-refractivity contribution in [2.24, 2.45) is 0 Å². The van der Waals surface area contributed by atoms with Crippen molar-refractivity contribution < 1.29 is 14.3 Å². The van der Waals surface area contributed by atoms with Gasteiger partial charge in [0, 0.05) is 19.6 Å². The number of fused-ring (bicyclic) bond motifs is 1. The molecule has 2 aromatic rings. The van der Waals surface area contributed by atoms with Gasteiger partial charge in [-0.3, -0.25) is 19.0 Å². The van der Waals surface area contributed by atoms with E-state index in [0.29, 0.717) is 22.1 Å². The van der Waals surface area contributed by atoms with Crippen molar-refractivity contribution in [3.8, 4) is 0 Å². The highest BCUT2D eigenvalue weighted by molar-refractivity contribution is 7.99. The lowest BCUT2D eigenvalue weighted by Gasteiger charge is -2.31. The Morgan fingerprint density at radius 1 is 1.24 bits per heavy atom. The van der Waals surface area contributed by atoms with Crippen LogP contribution >= 0.6 is 11.8 Å². The first-order chi connectivity index (χ1) is 14.0. The predicted molar refractivity (Wildman–Crippen MR) is 113 cm³/mol. The van der Waals surface area contributed by atoms with E-state index < -0.39 is 5.97 Å². The van der Waals surface area contributed by atoms with Crippen LogP contribution in [0.5, 0.6) is 0 Å². The summed E-state index contributed by atoms with van der Waals surface area (Å²) in [5.74, 6) is -0.159. The molecule has 0 saturated heterocycles. The van der Waals surface area contributed by atoms with E-state index >= 15 is 0 Å². The number of benzene rings is 1. The van der Waals surface area contributed by atoms with E-state index in [2.05, 4.69) is 4.98 Å². The van der Waals surface area contributed by atoms with Crippen molar-refractivity contribution in [1.82, 2.24) is 14.5 Å². The van der Waals surface area contributed by atoms with Crippen molar-refractivity contribution >= 4 is 34.5 Å². The van der Waals surface area contributed by atoms with E-state index in [1.54, 1.807) is 18.2 Å². The smallest absolute Gasteiger partial charge is 0.307 e. The number of thioether (sulfide) groups is 1. The molecule has 8 heteroatoms. The lowest BCUT2D eigenvalue weighted by Crippen LogP contribution is -2.39. The lowest BCUT2D eigenvalue weighted by molar-refractivity contribution is -0.140. The van der Waals surface area contributed by atoms with Crippen molar-refractivity contribution in [2.75, 3.05) is 19.9 Å². The summed E-state index contributed by atoms with van der Waals surface area (Å²) in [7, 11) is 3.18. The maximum Gasteiger partial charge on any atom is 0.307 e. The predicted octanol–water partition coefficient (Wildman–Crippen LogP) is 2.84. The molecule has 156 valence electrons. The number of carbonyl (C=O) groups excluding carboxylic acids is 2. The van der Waals surface area contributed by atoms with Crippen LogP contribution < -0.4 is 5.56 Å². The first-order valence-electron chi connectivity index (χ1n) is 9.96. The number of esters is 1.